The van der Waals surface area contributed by atoms with E-state index in [1.54, 1.807) is 0 Å². The largest absolute Gasteiger partial charge is 3.00 e. The average molecular weight is 584 g/mol. The van der Waals surface area contributed by atoms with Gasteiger partial charge < -0.3 is 49.2 Å². The fourth-order valence-corrected chi connectivity index (χ4v) is 3.25. The first-order valence-corrected chi connectivity index (χ1v) is 9.78. The van der Waals surface area contributed by atoms with Crippen molar-refractivity contribution >= 4 is 78.4 Å². The molecule has 0 aromatic heterocycles. The van der Waals surface area contributed by atoms with E-state index in [-0.39, 0.29) is 42.7 Å². The second-order valence-electron chi connectivity index (χ2n) is 4.41. The molecule has 0 saturated heterocycles. The molecule has 0 aliphatic rings. The minimum atomic E-state index is 0. The van der Waals surface area contributed by atoms with Crippen molar-refractivity contribution < 1.29 is 58.1 Å². The Morgan fingerprint density at radius 3 is 0.848 bits per heavy atom. The molecule has 10 heteroatoms. The Morgan fingerprint density at radius 2 is 0.636 bits per heavy atom. The molecule has 0 fully saturated rings. The fourth-order valence-electron chi connectivity index (χ4n) is 1.74. The smallest absolute Gasteiger partial charge is 0.781 e. The molecule has 0 spiro atoms. The first-order valence-electron chi connectivity index (χ1n) is 7.81. The van der Waals surface area contributed by atoms with Gasteiger partial charge in [0.2, 0.25) is 0 Å². The molecule has 3 aromatic carbocycles. The molecule has 0 heterocycles. The predicted molar refractivity (Wildman–Crippen MR) is 133 cm³/mol. The van der Waals surface area contributed by atoms with Crippen LogP contribution in [0.5, 0.6) is 0 Å². The van der Waals surface area contributed by atoms with Crippen LogP contribution in [-0.2, 0) is 83.4 Å². The van der Waals surface area contributed by atoms with Crippen LogP contribution in [0.2, 0.25) is 0 Å². The molecule has 0 aliphatic heterocycles. The topological polar surface area (TPSA) is 85.3 Å². The Hall–Kier alpha value is -2.08. The van der Waals surface area contributed by atoms with Gasteiger partial charge in [-0.05, 0) is 24.3 Å². The maximum atomic E-state index is 7.75. The van der Waals surface area contributed by atoms with Gasteiger partial charge in [-0.3, -0.25) is 33.9 Å². The SMILES string of the molecule is [CH-]=O.[CH-]=O.[CH-]=O.[CH-]=O.[CH-]=O.[Fe+3].[Fe+3].[S-]c1ccccc1[S-].c1ccc([PH2+]c2ccccc2)cc1. The Labute approximate surface area is 230 Å². The molecule has 3 rings (SSSR count). The number of rotatable bonds is 2. The third-order valence-electron chi connectivity index (χ3n) is 2.78. The predicted octanol–water partition coefficient (Wildman–Crippen LogP) is 2.17. The fraction of sp³-hybridized carbons (Fsp3) is 0. The van der Waals surface area contributed by atoms with Gasteiger partial charge in [-0.25, -0.2) is 0 Å². The zero-order valence-corrected chi connectivity index (χ0v) is 22.1. The summed E-state index contributed by atoms with van der Waals surface area (Å²) < 4.78 is 0. The summed E-state index contributed by atoms with van der Waals surface area (Å²) in [6, 6.07) is 28.8. The number of hydrogen-bond acceptors (Lipinski definition) is 7. The molecule has 0 saturated carbocycles. The van der Waals surface area contributed by atoms with E-state index in [4.69, 9.17) is 49.2 Å². The van der Waals surface area contributed by atoms with Gasteiger partial charge in [-0.15, -0.1) is 0 Å². The summed E-state index contributed by atoms with van der Waals surface area (Å²) in [5, 5.41) is 2.90. The molecule has 0 unspecified atom stereocenters. The minimum absolute atomic E-state index is 0. The van der Waals surface area contributed by atoms with E-state index in [0.717, 1.165) is 9.79 Å². The molecule has 0 atom stereocenters. The third kappa shape index (κ3) is 27.9. The van der Waals surface area contributed by atoms with Gasteiger partial charge in [0.25, 0.3) is 0 Å². The summed E-state index contributed by atoms with van der Waals surface area (Å²) in [7, 11) is 0.271. The monoisotopic (exact) mass is 584 g/mol. The molecular weight excluding hydrogens is 563 g/mol. The number of hydrogen-bond donors (Lipinski definition) is 0. The molecule has 0 amide bonds. The van der Waals surface area contributed by atoms with Gasteiger partial charge in [0.05, 0.1) is 19.2 Å². The standard InChI is InChI=1S/C12H11P.C6H6S2.5CHO.2Fe/c1-3-7-11(8-4-1)13-12-9-5-2-6-10-12;7-5-3-1-2-4-6(5)8;5*1-2;;/h1-10,13H;1-4,7-8H;5*1H;;/q;;5*-1;2*+3/p-1. The molecule has 33 heavy (non-hydrogen) atoms. The molecule has 176 valence electrons. The van der Waals surface area contributed by atoms with Crippen molar-refractivity contribution in [3.63, 3.8) is 0 Å². The molecule has 3 aromatic rings. The quantitative estimate of drug-likeness (QED) is 0.150. The van der Waals surface area contributed by atoms with Crippen molar-refractivity contribution in [2.75, 3.05) is 0 Å². The Bertz CT molecular complexity index is 690. The van der Waals surface area contributed by atoms with Crippen LogP contribution in [0.25, 0.3) is 0 Å². The van der Waals surface area contributed by atoms with Gasteiger partial charge >= 0.3 is 34.1 Å². The van der Waals surface area contributed by atoms with Crippen LogP contribution < -0.4 is 10.6 Å². The summed E-state index contributed by atoms with van der Waals surface area (Å²) in [5.74, 6) is 0. The van der Waals surface area contributed by atoms with Gasteiger partial charge in [0.1, 0.15) is 0 Å². The number of carbonyl (C=O) groups excluding carboxylic acids is 5. The summed E-state index contributed by atoms with van der Waals surface area (Å²) in [6.07, 6.45) is 0. The zero-order chi connectivity index (χ0) is 24.9. The Kier molecular flexibility index (Phi) is 54.4. The van der Waals surface area contributed by atoms with E-state index < -0.39 is 0 Å². The van der Waals surface area contributed by atoms with Gasteiger partial charge in [-0.2, -0.15) is 9.79 Å². The minimum Gasteiger partial charge on any atom is -0.781 e. The first-order chi connectivity index (χ1) is 15.3. The molecule has 5 nitrogen and oxygen atoms in total. The van der Waals surface area contributed by atoms with Crippen LogP contribution in [0.15, 0.2) is 94.7 Å². The van der Waals surface area contributed by atoms with Gasteiger partial charge in [-0.1, -0.05) is 60.7 Å². The summed E-state index contributed by atoms with van der Waals surface area (Å²) in [4.78, 5) is 40.3. The van der Waals surface area contributed by atoms with Crippen molar-refractivity contribution in [3.8, 4) is 0 Å². The second-order valence-corrected chi connectivity index (χ2v) is 6.91. The van der Waals surface area contributed by atoms with Crippen LogP contribution in [0.3, 0.4) is 0 Å². The normalized spacial score (nSPS) is 6.67. The van der Waals surface area contributed by atoms with Crippen molar-refractivity contribution in [3.05, 3.63) is 84.9 Å². The van der Waals surface area contributed by atoms with E-state index in [9.17, 15) is 0 Å². The Balaban J connectivity index is -0.0000000797. The summed E-state index contributed by atoms with van der Waals surface area (Å²) >= 11 is 9.70. The van der Waals surface area contributed by atoms with E-state index in [2.05, 4.69) is 94.6 Å². The van der Waals surface area contributed by atoms with Crippen molar-refractivity contribution in [2.45, 2.75) is 9.79 Å². The zero-order valence-electron chi connectivity index (χ0n) is 17.1. The van der Waals surface area contributed by atoms with E-state index >= 15 is 0 Å². The molecule has 0 N–H and O–H groups in total. The van der Waals surface area contributed by atoms with Crippen LogP contribution in [-0.4, -0.2) is 33.9 Å². The first kappa shape index (κ1) is 44.6. The van der Waals surface area contributed by atoms with Crippen molar-refractivity contribution in [2.24, 2.45) is 0 Å². The molecule has 2 radical (unpaired) electrons. The third-order valence-corrected chi connectivity index (χ3v) is 5.06. The second kappa shape index (κ2) is 40.3. The maximum Gasteiger partial charge on any atom is 3.00 e. The van der Waals surface area contributed by atoms with Crippen LogP contribution >= 0.6 is 8.58 Å². The van der Waals surface area contributed by atoms with Crippen LogP contribution in [0.4, 0.5) is 0 Å². The van der Waals surface area contributed by atoms with Crippen LogP contribution in [0.1, 0.15) is 0 Å². The van der Waals surface area contributed by atoms with Crippen molar-refractivity contribution in [1.29, 1.82) is 0 Å². The summed E-state index contributed by atoms with van der Waals surface area (Å²) in [5.41, 5.74) is 0. The van der Waals surface area contributed by atoms with Gasteiger partial charge in [0.15, 0.2) is 0 Å². The molecule has 0 bridgehead atoms. The average Bonchev–Trinajstić information content (AvgIpc) is 2.89. The van der Waals surface area contributed by atoms with E-state index in [1.165, 1.54) is 10.6 Å². The van der Waals surface area contributed by atoms with Crippen molar-refractivity contribution in [1.82, 2.24) is 0 Å². The molecular formula is C23H21Fe2O5PS2. The van der Waals surface area contributed by atoms with E-state index in [0.29, 0.717) is 0 Å². The van der Waals surface area contributed by atoms with Gasteiger partial charge in [0, 0.05) is 0 Å². The number of benzene rings is 3. The van der Waals surface area contributed by atoms with Crippen LogP contribution in [0, 0.1) is 0 Å². The maximum absolute atomic E-state index is 7.75. The van der Waals surface area contributed by atoms with E-state index in [1.807, 2.05) is 24.3 Å². The Morgan fingerprint density at radius 1 is 0.424 bits per heavy atom. The molecule has 0 aliphatic carbocycles. The summed E-state index contributed by atoms with van der Waals surface area (Å²) in [6.45, 7) is 16.2.